The maximum absolute atomic E-state index is 9.36. The minimum atomic E-state index is 0.135. The number of anilines is 3. The Kier molecular flexibility index (Phi) is 7.23. The lowest BCUT2D eigenvalue weighted by molar-refractivity contribution is 0.315. The van der Waals surface area contributed by atoms with Gasteiger partial charge in [-0.15, -0.1) is 0 Å². The second kappa shape index (κ2) is 10.5. The van der Waals surface area contributed by atoms with Gasteiger partial charge in [-0.1, -0.05) is 12.8 Å². The zero-order valence-electron chi connectivity index (χ0n) is 19.8. The van der Waals surface area contributed by atoms with Crippen LogP contribution >= 0.6 is 0 Å². The molecule has 0 saturated heterocycles. The van der Waals surface area contributed by atoms with Crippen molar-refractivity contribution in [2.45, 2.75) is 58.9 Å². The van der Waals surface area contributed by atoms with Crippen molar-refractivity contribution in [1.29, 1.82) is 5.26 Å². The van der Waals surface area contributed by atoms with Crippen LogP contribution in [0.15, 0.2) is 42.9 Å². The Morgan fingerprint density at radius 2 is 1.88 bits per heavy atom. The highest BCUT2D eigenvalue weighted by molar-refractivity contribution is 5.65. The molecule has 1 N–H and O–H groups in total. The summed E-state index contributed by atoms with van der Waals surface area (Å²) < 4.78 is 1.98. The number of nitrogens with one attached hydrogen (secondary N) is 1. The standard InChI is InChI=1S/C26H33N7/c1-4-32(5-2)23-12-10-22(11-13-23)30-26-28-16-19(3)25(31-26)21-17-29-33(18-21)24(14-15-27)20-8-6-7-9-20/h10-13,16-18,20,24H,4-9,14H2,1-3H3,(H,28,30,31). The molecule has 1 fully saturated rings. The lowest BCUT2D eigenvalue weighted by atomic mass is 9.96. The normalized spacial score (nSPS) is 14.7. The summed E-state index contributed by atoms with van der Waals surface area (Å²) in [4.78, 5) is 11.6. The van der Waals surface area contributed by atoms with Crippen molar-refractivity contribution in [3.05, 3.63) is 48.4 Å². The molecule has 1 atom stereocenters. The quantitative estimate of drug-likeness (QED) is 0.444. The zero-order valence-corrected chi connectivity index (χ0v) is 19.8. The van der Waals surface area contributed by atoms with Crippen molar-refractivity contribution in [2.24, 2.45) is 5.92 Å². The number of aryl methyl sites for hydroxylation is 1. The van der Waals surface area contributed by atoms with E-state index in [9.17, 15) is 5.26 Å². The fourth-order valence-electron chi connectivity index (χ4n) is 4.82. The van der Waals surface area contributed by atoms with Crippen LogP contribution in [0.1, 0.15) is 57.6 Å². The smallest absolute Gasteiger partial charge is 0.227 e. The summed E-state index contributed by atoms with van der Waals surface area (Å²) in [5.74, 6) is 1.09. The Bertz CT molecular complexity index is 1090. The lowest BCUT2D eigenvalue weighted by Gasteiger charge is -2.21. The molecule has 7 nitrogen and oxygen atoms in total. The van der Waals surface area contributed by atoms with Crippen LogP contribution in [0.25, 0.3) is 11.3 Å². The first-order chi connectivity index (χ1) is 16.1. The topological polar surface area (TPSA) is 82.7 Å². The highest BCUT2D eigenvalue weighted by atomic mass is 15.3. The number of hydrogen-bond acceptors (Lipinski definition) is 6. The summed E-state index contributed by atoms with van der Waals surface area (Å²) in [6.07, 6.45) is 11.1. The average Bonchev–Trinajstić information content (AvgIpc) is 3.53. The second-order valence-electron chi connectivity index (χ2n) is 8.75. The maximum Gasteiger partial charge on any atom is 0.227 e. The SMILES string of the molecule is CCN(CC)c1ccc(Nc2ncc(C)c(-c3cnn(C(CC#N)C4CCCC4)c3)n2)cc1. The summed E-state index contributed by atoms with van der Waals surface area (Å²) in [5, 5.41) is 17.3. The van der Waals surface area contributed by atoms with Crippen LogP contribution in [-0.2, 0) is 0 Å². The van der Waals surface area contributed by atoms with Gasteiger partial charge in [-0.3, -0.25) is 4.68 Å². The number of benzene rings is 1. The Hall–Kier alpha value is -3.40. The van der Waals surface area contributed by atoms with Crippen molar-refractivity contribution in [3.8, 4) is 17.3 Å². The van der Waals surface area contributed by atoms with Gasteiger partial charge in [0.1, 0.15) is 0 Å². The van der Waals surface area contributed by atoms with Gasteiger partial charge >= 0.3 is 0 Å². The Morgan fingerprint density at radius 3 is 2.55 bits per heavy atom. The molecule has 33 heavy (non-hydrogen) atoms. The summed E-state index contributed by atoms with van der Waals surface area (Å²) in [5.41, 5.74) is 4.97. The molecule has 172 valence electrons. The average molecular weight is 444 g/mol. The molecule has 2 aromatic heterocycles. The minimum absolute atomic E-state index is 0.135. The van der Waals surface area contributed by atoms with Crippen LogP contribution in [0.5, 0.6) is 0 Å². The first kappa shape index (κ1) is 22.8. The van der Waals surface area contributed by atoms with Gasteiger partial charge in [-0.25, -0.2) is 9.97 Å². The van der Waals surface area contributed by atoms with Crippen molar-refractivity contribution in [3.63, 3.8) is 0 Å². The number of rotatable bonds is 9. The van der Waals surface area contributed by atoms with E-state index < -0.39 is 0 Å². The molecular formula is C26H33N7. The van der Waals surface area contributed by atoms with Gasteiger partial charge in [0.25, 0.3) is 0 Å². The molecule has 0 amide bonds. The van der Waals surface area contributed by atoms with Gasteiger partial charge in [0.2, 0.25) is 5.95 Å². The highest BCUT2D eigenvalue weighted by Crippen LogP contribution is 2.36. The predicted molar refractivity (Wildman–Crippen MR) is 133 cm³/mol. The Labute approximate surface area is 196 Å². The number of nitriles is 1. The molecule has 0 aliphatic heterocycles. The van der Waals surface area contributed by atoms with E-state index in [2.05, 4.69) is 64.5 Å². The first-order valence-corrected chi connectivity index (χ1v) is 12.0. The van der Waals surface area contributed by atoms with Crippen molar-refractivity contribution in [1.82, 2.24) is 19.7 Å². The summed E-state index contributed by atoms with van der Waals surface area (Å²) in [6.45, 7) is 8.30. The summed E-state index contributed by atoms with van der Waals surface area (Å²) >= 11 is 0. The molecule has 1 aliphatic carbocycles. The van der Waals surface area contributed by atoms with Crippen LogP contribution < -0.4 is 10.2 Å². The second-order valence-corrected chi connectivity index (χ2v) is 8.75. The van der Waals surface area contributed by atoms with Gasteiger partial charge in [0.05, 0.1) is 30.4 Å². The van der Waals surface area contributed by atoms with E-state index in [0.717, 1.165) is 35.6 Å². The van der Waals surface area contributed by atoms with Crippen LogP contribution in [0, 0.1) is 24.2 Å². The van der Waals surface area contributed by atoms with E-state index in [1.807, 2.05) is 30.2 Å². The summed E-state index contributed by atoms with van der Waals surface area (Å²) in [6, 6.07) is 10.8. The predicted octanol–water partition coefficient (Wildman–Crippen LogP) is 5.88. The minimum Gasteiger partial charge on any atom is -0.372 e. The molecule has 1 saturated carbocycles. The molecule has 1 aromatic carbocycles. The third-order valence-corrected chi connectivity index (χ3v) is 6.68. The van der Waals surface area contributed by atoms with Crippen LogP contribution in [0.3, 0.4) is 0 Å². The molecular weight excluding hydrogens is 410 g/mol. The van der Waals surface area contributed by atoms with Gasteiger partial charge in [0.15, 0.2) is 0 Å². The van der Waals surface area contributed by atoms with Gasteiger partial charge in [-0.05, 0) is 69.4 Å². The lowest BCUT2D eigenvalue weighted by Crippen LogP contribution is -2.21. The molecule has 4 rings (SSSR count). The van der Waals surface area contributed by atoms with Gasteiger partial charge in [0, 0.05) is 42.4 Å². The van der Waals surface area contributed by atoms with Gasteiger partial charge in [-0.2, -0.15) is 10.4 Å². The molecule has 1 aliphatic rings. The third-order valence-electron chi connectivity index (χ3n) is 6.68. The number of nitrogens with zero attached hydrogens (tertiary/aromatic N) is 6. The molecule has 0 spiro atoms. The molecule has 3 aromatic rings. The molecule has 1 unspecified atom stereocenters. The largest absolute Gasteiger partial charge is 0.372 e. The zero-order chi connectivity index (χ0) is 23.2. The van der Waals surface area contributed by atoms with E-state index in [4.69, 9.17) is 4.98 Å². The fraction of sp³-hybridized carbons (Fsp3) is 0.462. The summed E-state index contributed by atoms with van der Waals surface area (Å²) in [7, 11) is 0. The Balaban J connectivity index is 1.54. The van der Waals surface area contributed by atoms with E-state index >= 15 is 0 Å². The monoisotopic (exact) mass is 443 g/mol. The highest BCUT2D eigenvalue weighted by Gasteiger charge is 2.27. The van der Waals surface area contributed by atoms with Crippen LogP contribution in [0.4, 0.5) is 17.3 Å². The van der Waals surface area contributed by atoms with Gasteiger partial charge < -0.3 is 10.2 Å². The first-order valence-electron chi connectivity index (χ1n) is 12.0. The molecule has 0 bridgehead atoms. The van der Waals surface area contributed by atoms with E-state index in [1.165, 1.54) is 31.4 Å². The van der Waals surface area contributed by atoms with Crippen molar-refractivity contribution >= 4 is 17.3 Å². The van der Waals surface area contributed by atoms with Crippen LogP contribution in [-0.4, -0.2) is 32.8 Å². The third kappa shape index (κ3) is 5.16. The Morgan fingerprint density at radius 1 is 1.15 bits per heavy atom. The maximum atomic E-state index is 9.36. The number of aromatic nitrogens is 4. The van der Waals surface area contributed by atoms with Crippen molar-refractivity contribution < 1.29 is 0 Å². The van der Waals surface area contributed by atoms with E-state index in [-0.39, 0.29) is 6.04 Å². The molecule has 0 radical (unpaired) electrons. The van der Waals surface area contributed by atoms with Crippen LogP contribution in [0.2, 0.25) is 0 Å². The molecule has 7 heteroatoms. The molecule has 2 heterocycles. The van der Waals surface area contributed by atoms with E-state index in [1.54, 1.807) is 0 Å². The van der Waals surface area contributed by atoms with E-state index in [0.29, 0.717) is 18.3 Å². The number of hydrogen-bond donors (Lipinski definition) is 1. The van der Waals surface area contributed by atoms with Crippen molar-refractivity contribution in [2.75, 3.05) is 23.3 Å². The fourth-order valence-corrected chi connectivity index (χ4v) is 4.82.